The van der Waals surface area contributed by atoms with Gasteiger partial charge < -0.3 is 10.2 Å². The highest BCUT2D eigenvalue weighted by Crippen LogP contribution is 2.24. The van der Waals surface area contributed by atoms with Crippen molar-refractivity contribution in [3.8, 4) is 0 Å². The average Bonchev–Trinajstić information content (AvgIpc) is 3.45. The molecule has 43 heavy (non-hydrogen) atoms. The highest BCUT2D eigenvalue weighted by molar-refractivity contribution is 5.98. The number of amides is 1. The number of carbonyl (C=O) groups is 2. The van der Waals surface area contributed by atoms with Gasteiger partial charge >= 0.3 is 0 Å². The lowest BCUT2D eigenvalue weighted by Gasteiger charge is -2.34. The third kappa shape index (κ3) is 6.57. The van der Waals surface area contributed by atoms with E-state index in [1.54, 1.807) is 0 Å². The van der Waals surface area contributed by atoms with Gasteiger partial charge in [0.05, 0.1) is 11.0 Å². The van der Waals surface area contributed by atoms with Gasteiger partial charge in [-0.25, -0.2) is 4.98 Å². The van der Waals surface area contributed by atoms with E-state index >= 15 is 0 Å². The molecule has 1 saturated heterocycles. The Morgan fingerprint density at radius 1 is 0.814 bits per heavy atom. The summed E-state index contributed by atoms with van der Waals surface area (Å²) in [6.07, 6.45) is 3.21. The molecule has 9 heteroatoms. The van der Waals surface area contributed by atoms with E-state index in [9.17, 15) is 9.59 Å². The monoisotopic (exact) mass is 575 g/mol. The number of unbranched alkanes of at least 4 members (excludes halogenated alkanes) is 2. The normalized spacial score (nSPS) is 13.9. The van der Waals surface area contributed by atoms with Gasteiger partial charge in [-0.2, -0.15) is 0 Å². The summed E-state index contributed by atoms with van der Waals surface area (Å²) < 4.78 is 1.99. The molecule has 5 aromatic rings. The van der Waals surface area contributed by atoms with Gasteiger partial charge in [-0.15, -0.1) is 10.2 Å². The number of nitrogens with one attached hydrogen (secondary N) is 1. The largest absolute Gasteiger partial charge is 0.367 e. The summed E-state index contributed by atoms with van der Waals surface area (Å²) in [5.74, 6) is 1.62. The Kier molecular flexibility index (Phi) is 8.70. The van der Waals surface area contributed by atoms with Gasteiger partial charge in [0.2, 0.25) is 5.65 Å². The van der Waals surface area contributed by atoms with Crippen molar-refractivity contribution in [2.45, 2.75) is 39.2 Å². The topological polar surface area (TPSA) is 95.7 Å². The first-order valence-electron chi connectivity index (χ1n) is 15.1. The van der Waals surface area contributed by atoms with Gasteiger partial charge in [-0.1, -0.05) is 67.1 Å². The van der Waals surface area contributed by atoms with Crippen molar-refractivity contribution in [1.29, 1.82) is 0 Å². The summed E-state index contributed by atoms with van der Waals surface area (Å²) in [6, 6.07) is 25.6. The number of carbonyl (C=O) groups excluding carboxylic acids is 2. The predicted octanol–water partition coefficient (Wildman–Crippen LogP) is 5.40. The molecular formula is C34H37N7O2. The van der Waals surface area contributed by atoms with Crippen LogP contribution in [0.2, 0.25) is 0 Å². The van der Waals surface area contributed by atoms with Crippen molar-refractivity contribution < 1.29 is 9.59 Å². The van der Waals surface area contributed by atoms with E-state index in [0.29, 0.717) is 43.1 Å². The molecule has 0 unspecified atom stereocenters. The Hall–Kier alpha value is -4.63. The molecule has 1 fully saturated rings. The zero-order chi connectivity index (χ0) is 29.6. The molecule has 6 rings (SSSR count). The Morgan fingerprint density at radius 2 is 1.56 bits per heavy atom. The number of hydrogen-bond acceptors (Lipinski definition) is 7. The van der Waals surface area contributed by atoms with Gasteiger partial charge in [-0.05, 0) is 43.5 Å². The van der Waals surface area contributed by atoms with Crippen LogP contribution in [0.4, 0.5) is 5.82 Å². The van der Waals surface area contributed by atoms with Gasteiger partial charge in [0, 0.05) is 56.8 Å². The fraction of sp³-hybridized carbons (Fsp3) is 0.324. The Labute approximate surface area is 251 Å². The highest BCUT2D eigenvalue weighted by atomic mass is 16.2. The first kappa shape index (κ1) is 28.5. The number of nitrogens with zero attached hydrogens (tertiary/aromatic N) is 6. The van der Waals surface area contributed by atoms with Crippen LogP contribution in [0.15, 0.2) is 78.9 Å². The van der Waals surface area contributed by atoms with E-state index in [1.165, 1.54) is 5.56 Å². The minimum absolute atomic E-state index is 0.0307. The van der Waals surface area contributed by atoms with Crippen molar-refractivity contribution in [2.75, 3.05) is 38.0 Å². The third-order valence-corrected chi connectivity index (χ3v) is 8.11. The van der Waals surface area contributed by atoms with E-state index in [0.717, 1.165) is 61.3 Å². The van der Waals surface area contributed by atoms with Gasteiger partial charge in [0.15, 0.2) is 11.6 Å². The van der Waals surface area contributed by atoms with E-state index in [2.05, 4.69) is 44.7 Å². The first-order valence-corrected chi connectivity index (χ1v) is 15.1. The van der Waals surface area contributed by atoms with Gasteiger partial charge in [-0.3, -0.25) is 18.9 Å². The molecule has 0 spiro atoms. The van der Waals surface area contributed by atoms with Gasteiger partial charge in [0.1, 0.15) is 5.82 Å². The predicted molar refractivity (Wildman–Crippen MR) is 168 cm³/mol. The minimum Gasteiger partial charge on any atom is -0.367 e. The van der Waals surface area contributed by atoms with Crippen LogP contribution in [0, 0.1) is 6.92 Å². The summed E-state index contributed by atoms with van der Waals surface area (Å²) in [4.78, 5) is 35.1. The Bertz CT molecular complexity index is 1710. The Morgan fingerprint density at radius 3 is 2.33 bits per heavy atom. The van der Waals surface area contributed by atoms with E-state index in [-0.39, 0.29) is 11.7 Å². The lowest BCUT2D eigenvalue weighted by molar-refractivity contribution is 0.0628. The molecule has 3 aromatic carbocycles. The van der Waals surface area contributed by atoms with Crippen LogP contribution in [-0.2, 0) is 6.54 Å². The molecule has 0 bridgehead atoms. The second-order valence-corrected chi connectivity index (χ2v) is 11.2. The smallest absolute Gasteiger partial charge is 0.254 e. The SMILES string of the molecule is Cc1nnc2c(NCCCCCC(=O)c3ccccc3)nc3cc(C(=O)N4CCN(Cc5ccccc5)CC4)ccc3n12. The van der Waals surface area contributed by atoms with Crippen molar-refractivity contribution in [2.24, 2.45) is 0 Å². The molecule has 0 aliphatic carbocycles. The standard InChI is InChI=1S/C34H37N7O2/c1-25-37-38-33-32(35-18-10-4-9-15-31(42)27-13-7-3-8-14-27)36-29-23-28(16-17-30(29)41(25)33)34(43)40-21-19-39(20-22-40)24-26-11-5-2-6-12-26/h2-3,5-8,11-14,16-17,23H,4,9-10,15,18-22,24H2,1H3,(H,35,36). The number of rotatable bonds is 11. The molecular weight excluding hydrogens is 538 g/mol. The van der Waals surface area contributed by atoms with Crippen LogP contribution < -0.4 is 5.32 Å². The maximum Gasteiger partial charge on any atom is 0.254 e. The lowest BCUT2D eigenvalue weighted by Crippen LogP contribution is -2.48. The van der Waals surface area contributed by atoms with Gasteiger partial charge in [0.25, 0.3) is 5.91 Å². The molecule has 1 aliphatic rings. The molecule has 220 valence electrons. The van der Waals surface area contributed by atoms with Crippen molar-refractivity contribution >= 4 is 34.2 Å². The number of benzene rings is 3. The Balaban J connectivity index is 1.09. The maximum atomic E-state index is 13.5. The molecule has 0 saturated carbocycles. The number of aryl methyl sites for hydroxylation is 1. The summed E-state index contributed by atoms with van der Waals surface area (Å²) in [6.45, 7) is 6.61. The molecule has 0 radical (unpaired) electrons. The molecule has 3 heterocycles. The number of Topliss-reactive ketones (excluding diaryl/α,β-unsaturated/α-hetero) is 1. The number of fused-ring (bicyclic) bond motifs is 3. The number of anilines is 1. The summed E-state index contributed by atoms with van der Waals surface area (Å²) in [5.41, 5.74) is 4.95. The highest BCUT2D eigenvalue weighted by Gasteiger charge is 2.23. The number of hydrogen-bond donors (Lipinski definition) is 1. The zero-order valence-electron chi connectivity index (χ0n) is 24.6. The molecule has 0 atom stereocenters. The molecule has 1 amide bonds. The zero-order valence-corrected chi connectivity index (χ0v) is 24.6. The number of ketones is 1. The third-order valence-electron chi connectivity index (χ3n) is 8.11. The van der Waals surface area contributed by atoms with E-state index < -0.39 is 0 Å². The second-order valence-electron chi connectivity index (χ2n) is 11.2. The number of piperazine rings is 1. The summed E-state index contributed by atoms with van der Waals surface area (Å²) >= 11 is 0. The average molecular weight is 576 g/mol. The first-order chi connectivity index (χ1) is 21.1. The van der Waals surface area contributed by atoms with Crippen molar-refractivity contribution in [3.63, 3.8) is 0 Å². The van der Waals surface area contributed by atoms with E-state index in [4.69, 9.17) is 4.98 Å². The van der Waals surface area contributed by atoms with Crippen LogP contribution in [0.1, 0.15) is 57.8 Å². The van der Waals surface area contributed by atoms with Crippen LogP contribution in [0.5, 0.6) is 0 Å². The van der Waals surface area contributed by atoms with Crippen LogP contribution in [-0.4, -0.2) is 73.8 Å². The maximum absolute atomic E-state index is 13.5. The summed E-state index contributed by atoms with van der Waals surface area (Å²) in [5, 5.41) is 12.1. The molecule has 1 N–H and O–H groups in total. The minimum atomic E-state index is 0.0307. The van der Waals surface area contributed by atoms with Crippen molar-refractivity contribution in [1.82, 2.24) is 29.4 Å². The second kappa shape index (κ2) is 13.1. The van der Waals surface area contributed by atoms with Crippen LogP contribution in [0.25, 0.3) is 16.7 Å². The van der Waals surface area contributed by atoms with Crippen LogP contribution >= 0.6 is 0 Å². The lowest BCUT2D eigenvalue weighted by atomic mass is 10.0. The molecule has 2 aromatic heterocycles. The number of aromatic nitrogens is 4. The van der Waals surface area contributed by atoms with Crippen LogP contribution in [0.3, 0.4) is 0 Å². The fourth-order valence-corrected chi connectivity index (χ4v) is 5.72. The molecule has 9 nitrogen and oxygen atoms in total. The van der Waals surface area contributed by atoms with E-state index in [1.807, 2.05) is 70.8 Å². The van der Waals surface area contributed by atoms with Crippen molar-refractivity contribution in [3.05, 3.63) is 101 Å². The fourth-order valence-electron chi connectivity index (χ4n) is 5.72. The summed E-state index contributed by atoms with van der Waals surface area (Å²) in [7, 11) is 0. The quantitative estimate of drug-likeness (QED) is 0.166. The molecule has 1 aliphatic heterocycles.